The first-order chi connectivity index (χ1) is 8.42. The van der Waals surface area contributed by atoms with E-state index in [-0.39, 0.29) is 5.57 Å². The number of hydrogen-bond acceptors (Lipinski definition) is 2. The molecule has 0 aromatic heterocycles. The number of alkyl halides is 1. The van der Waals surface area contributed by atoms with Crippen LogP contribution in [0, 0.1) is 32.1 Å². The van der Waals surface area contributed by atoms with Crippen molar-refractivity contribution in [3.63, 3.8) is 0 Å². The van der Waals surface area contributed by atoms with E-state index in [0.29, 0.717) is 5.88 Å². The van der Waals surface area contributed by atoms with Crippen LogP contribution in [0.5, 0.6) is 0 Å². The number of amides is 1. The minimum Gasteiger partial charge on any atom is -0.365 e. The van der Waals surface area contributed by atoms with Crippen LogP contribution in [0.2, 0.25) is 0 Å². The SMILES string of the molecule is Cc1cc(C)c(CCl)c(C)c1C=C(C#N)C(N)=O. The molecule has 0 aliphatic heterocycles. The molecule has 0 bridgehead atoms. The Balaban J connectivity index is 3.52. The highest BCUT2D eigenvalue weighted by Crippen LogP contribution is 2.25. The number of benzene rings is 1. The molecule has 0 saturated heterocycles. The number of rotatable bonds is 3. The van der Waals surface area contributed by atoms with Gasteiger partial charge in [0.25, 0.3) is 5.91 Å². The zero-order chi connectivity index (χ0) is 13.9. The van der Waals surface area contributed by atoms with Crippen LogP contribution in [0.1, 0.15) is 27.8 Å². The molecule has 0 unspecified atom stereocenters. The van der Waals surface area contributed by atoms with Crippen molar-refractivity contribution in [1.82, 2.24) is 0 Å². The molecule has 0 spiro atoms. The van der Waals surface area contributed by atoms with Crippen LogP contribution >= 0.6 is 11.6 Å². The van der Waals surface area contributed by atoms with Gasteiger partial charge in [-0.05, 0) is 54.7 Å². The quantitative estimate of drug-likeness (QED) is 0.517. The van der Waals surface area contributed by atoms with Crippen LogP contribution in [0.15, 0.2) is 11.6 Å². The van der Waals surface area contributed by atoms with Crippen molar-refractivity contribution in [2.24, 2.45) is 5.73 Å². The number of nitrogens with two attached hydrogens (primary N) is 1. The van der Waals surface area contributed by atoms with E-state index in [4.69, 9.17) is 22.6 Å². The third kappa shape index (κ3) is 2.72. The van der Waals surface area contributed by atoms with E-state index in [1.807, 2.05) is 32.9 Å². The fourth-order valence-corrected chi connectivity index (χ4v) is 2.39. The second kappa shape index (κ2) is 5.70. The molecule has 1 rings (SSSR count). The molecule has 0 saturated carbocycles. The van der Waals surface area contributed by atoms with E-state index < -0.39 is 5.91 Å². The summed E-state index contributed by atoms with van der Waals surface area (Å²) in [7, 11) is 0. The number of carbonyl (C=O) groups is 1. The molecule has 0 aliphatic rings. The molecule has 0 fully saturated rings. The van der Waals surface area contributed by atoms with E-state index in [1.165, 1.54) is 6.08 Å². The monoisotopic (exact) mass is 262 g/mol. The summed E-state index contributed by atoms with van der Waals surface area (Å²) in [6.45, 7) is 5.85. The molecule has 1 aromatic carbocycles. The van der Waals surface area contributed by atoms with E-state index in [2.05, 4.69) is 0 Å². The highest BCUT2D eigenvalue weighted by molar-refractivity contribution is 6.17. The lowest BCUT2D eigenvalue weighted by atomic mass is 9.93. The normalized spacial score (nSPS) is 11.2. The van der Waals surface area contributed by atoms with Gasteiger partial charge in [-0.2, -0.15) is 5.26 Å². The maximum Gasteiger partial charge on any atom is 0.259 e. The van der Waals surface area contributed by atoms with Crippen LogP contribution in [0.3, 0.4) is 0 Å². The Morgan fingerprint density at radius 1 is 1.44 bits per heavy atom. The lowest BCUT2D eigenvalue weighted by Gasteiger charge is -2.13. The first-order valence-electron chi connectivity index (χ1n) is 5.49. The molecule has 3 nitrogen and oxygen atoms in total. The topological polar surface area (TPSA) is 66.9 Å². The van der Waals surface area contributed by atoms with Crippen LogP contribution < -0.4 is 5.73 Å². The fourth-order valence-electron chi connectivity index (χ4n) is 1.97. The van der Waals surface area contributed by atoms with Gasteiger partial charge >= 0.3 is 0 Å². The number of aryl methyl sites for hydroxylation is 2. The van der Waals surface area contributed by atoms with Gasteiger partial charge in [-0.1, -0.05) is 6.07 Å². The second-order valence-corrected chi connectivity index (χ2v) is 4.46. The van der Waals surface area contributed by atoms with Crippen molar-refractivity contribution in [2.75, 3.05) is 0 Å². The van der Waals surface area contributed by atoms with Crippen molar-refractivity contribution in [1.29, 1.82) is 5.26 Å². The summed E-state index contributed by atoms with van der Waals surface area (Å²) < 4.78 is 0. The number of carbonyl (C=O) groups excluding carboxylic acids is 1. The number of halogens is 1. The summed E-state index contributed by atoms with van der Waals surface area (Å²) in [5.41, 5.74) is 10.0. The maximum atomic E-state index is 11.1. The Bertz CT molecular complexity index is 568. The predicted molar refractivity (Wildman–Crippen MR) is 73.0 cm³/mol. The van der Waals surface area contributed by atoms with Crippen LogP contribution in [0.25, 0.3) is 6.08 Å². The molecular weight excluding hydrogens is 248 g/mol. The van der Waals surface area contributed by atoms with Crippen molar-refractivity contribution >= 4 is 23.6 Å². The summed E-state index contributed by atoms with van der Waals surface area (Å²) in [5, 5.41) is 8.88. The smallest absolute Gasteiger partial charge is 0.259 e. The first kappa shape index (κ1) is 14.3. The molecule has 0 atom stereocenters. The Morgan fingerprint density at radius 3 is 2.50 bits per heavy atom. The van der Waals surface area contributed by atoms with Gasteiger partial charge in [-0.3, -0.25) is 4.79 Å². The molecule has 18 heavy (non-hydrogen) atoms. The van der Waals surface area contributed by atoms with Gasteiger partial charge < -0.3 is 5.73 Å². The molecule has 4 heteroatoms. The predicted octanol–water partition coefficient (Wildman–Crippen LogP) is 2.74. The minimum absolute atomic E-state index is 0.0504. The van der Waals surface area contributed by atoms with Gasteiger partial charge in [0.05, 0.1) is 0 Å². The maximum absolute atomic E-state index is 11.1. The van der Waals surface area contributed by atoms with Gasteiger partial charge in [0.15, 0.2) is 0 Å². The van der Waals surface area contributed by atoms with Gasteiger partial charge in [-0.25, -0.2) is 0 Å². The molecular formula is C14H15ClN2O. The van der Waals surface area contributed by atoms with Crippen molar-refractivity contribution in [2.45, 2.75) is 26.7 Å². The minimum atomic E-state index is -0.718. The Hall–Kier alpha value is -1.79. The first-order valence-corrected chi connectivity index (χ1v) is 6.03. The van der Waals surface area contributed by atoms with Crippen molar-refractivity contribution < 1.29 is 4.79 Å². The Morgan fingerprint density at radius 2 is 2.06 bits per heavy atom. The fraction of sp³-hybridized carbons (Fsp3) is 0.286. The molecule has 1 aromatic rings. The zero-order valence-corrected chi connectivity index (χ0v) is 11.4. The summed E-state index contributed by atoms with van der Waals surface area (Å²) >= 11 is 5.92. The largest absolute Gasteiger partial charge is 0.365 e. The third-order valence-electron chi connectivity index (χ3n) is 3.00. The third-order valence-corrected chi connectivity index (χ3v) is 3.27. The zero-order valence-electron chi connectivity index (χ0n) is 10.7. The van der Waals surface area contributed by atoms with E-state index in [1.54, 1.807) is 0 Å². The van der Waals surface area contributed by atoms with Gasteiger partial charge in [0.2, 0.25) is 0 Å². The number of hydrogen-bond donors (Lipinski definition) is 1. The van der Waals surface area contributed by atoms with Gasteiger partial charge in [0, 0.05) is 5.88 Å². The summed E-state index contributed by atoms with van der Waals surface area (Å²) in [6, 6.07) is 3.80. The molecule has 0 aliphatic carbocycles. The van der Waals surface area contributed by atoms with Crippen molar-refractivity contribution in [3.05, 3.63) is 39.5 Å². The Kier molecular flexibility index (Phi) is 4.52. The molecule has 1 amide bonds. The molecule has 0 radical (unpaired) electrons. The standard InChI is InChI=1S/C14H15ClN2O/c1-8-4-9(2)13(6-15)10(3)12(8)5-11(7-16)14(17)18/h4-5H,6H2,1-3H3,(H2,17,18). The van der Waals surface area contributed by atoms with E-state index in [9.17, 15) is 4.79 Å². The molecule has 0 heterocycles. The highest BCUT2D eigenvalue weighted by Gasteiger charge is 2.11. The van der Waals surface area contributed by atoms with E-state index >= 15 is 0 Å². The second-order valence-electron chi connectivity index (χ2n) is 4.20. The summed E-state index contributed by atoms with van der Waals surface area (Å²) in [5.74, 6) is -0.318. The van der Waals surface area contributed by atoms with E-state index in [0.717, 1.165) is 27.8 Å². The Labute approximate surface area is 112 Å². The van der Waals surface area contributed by atoms with Crippen LogP contribution in [-0.2, 0) is 10.7 Å². The average molecular weight is 263 g/mol. The van der Waals surface area contributed by atoms with Crippen LogP contribution in [-0.4, -0.2) is 5.91 Å². The lowest BCUT2D eigenvalue weighted by Crippen LogP contribution is -2.12. The van der Waals surface area contributed by atoms with Crippen molar-refractivity contribution in [3.8, 4) is 6.07 Å². The average Bonchev–Trinajstić information content (AvgIpc) is 2.28. The number of nitrogens with zero attached hydrogens (tertiary/aromatic N) is 1. The number of primary amides is 1. The summed E-state index contributed by atoms with van der Waals surface area (Å²) in [6.07, 6.45) is 1.53. The lowest BCUT2D eigenvalue weighted by molar-refractivity contribution is -0.114. The van der Waals surface area contributed by atoms with Gasteiger partial charge in [-0.15, -0.1) is 11.6 Å². The van der Waals surface area contributed by atoms with Gasteiger partial charge in [0.1, 0.15) is 11.6 Å². The molecule has 94 valence electrons. The molecule has 2 N–H and O–H groups in total. The number of nitriles is 1. The highest BCUT2D eigenvalue weighted by atomic mass is 35.5. The summed E-state index contributed by atoms with van der Waals surface area (Å²) in [4.78, 5) is 11.1. The van der Waals surface area contributed by atoms with Crippen LogP contribution in [0.4, 0.5) is 0 Å².